The van der Waals surface area contributed by atoms with Crippen LogP contribution in [0.3, 0.4) is 0 Å². The van der Waals surface area contributed by atoms with E-state index in [2.05, 4.69) is 16.2 Å². The number of aromatic nitrogens is 1. The lowest BCUT2D eigenvalue weighted by Gasteiger charge is -2.10. The molecule has 0 unspecified atom stereocenters. The van der Waals surface area contributed by atoms with Crippen LogP contribution in [0.2, 0.25) is 0 Å². The molecule has 4 aromatic rings. The zero-order valence-electron chi connectivity index (χ0n) is 16.4. The van der Waals surface area contributed by atoms with Crippen molar-refractivity contribution in [3.05, 3.63) is 102 Å². The van der Waals surface area contributed by atoms with Gasteiger partial charge in [0, 0.05) is 17.0 Å². The summed E-state index contributed by atoms with van der Waals surface area (Å²) >= 11 is 0. The summed E-state index contributed by atoms with van der Waals surface area (Å²) in [6.07, 6.45) is 0. The van der Waals surface area contributed by atoms with Gasteiger partial charge in [-0.25, -0.2) is 4.98 Å². The Morgan fingerprint density at radius 1 is 0.800 bits per heavy atom. The third-order valence-electron chi connectivity index (χ3n) is 4.62. The number of ether oxygens (including phenoxy) is 2. The van der Waals surface area contributed by atoms with E-state index in [1.54, 1.807) is 0 Å². The first kappa shape index (κ1) is 19.3. The highest BCUT2D eigenvalue weighted by Crippen LogP contribution is 2.22. The molecule has 0 amide bonds. The molecule has 0 aliphatic rings. The van der Waals surface area contributed by atoms with Gasteiger partial charge >= 0.3 is 0 Å². The lowest BCUT2D eigenvalue weighted by molar-refractivity contribution is 0.288. The van der Waals surface area contributed by atoms with E-state index in [0.717, 1.165) is 33.5 Å². The van der Waals surface area contributed by atoms with Gasteiger partial charge in [-0.1, -0.05) is 48.5 Å². The highest BCUT2D eigenvalue weighted by atomic mass is 16.5. The number of hydrogen-bond donors (Lipinski definition) is 2. The Morgan fingerprint density at radius 3 is 2.40 bits per heavy atom. The zero-order valence-corrected chi connectivity index (χ0v) is 16.4. The number of benzene rings is 3. The van der Waals surface area contributed by atoms with Gasteiger partial charge < -0.3 is 21.1 Å². The van der Waals surface area contributed by atoms with Crippen molar-refractivity contribution in [3.63, 3.8) is 0 Å². The van der Waals surface area contributed by atoms with Crippen LogP contribution >= 0.6 is 0 Å². The van der Waals surface area contributed by atoms with Gasteiger partial charge in [0.25, 0.3) is 0 Å². The highest BCUT2D eigenvalue weighted by Gasteiger charge is 2.04. The molecule has 0 saturated heterocycles. The van der Waals surface area contributed by atoms with E-state index in [0.29, 0.717) is 19.0 Å². The van der Waals surface area contributed by atoms with E-state index in [4.69, 9.17) is 21.1 Å². The minimum atomic E-state index is 0.287. The fourth-order valence-corrected chi connectivity index (χ4v) is 3.06. The first-order valence-electron chi connectivity index (χ1n) is 9.54. The van der Waals surface area contributed by atoms with E-state index >= 15 is 0 Å². The topological polar surface area (TPSA) is 95.8 Å². The second-order valence-electron chi connectivity index (χ2n) is 6.76. The van der Waals surface area contributed by atoms with Gasteiger partial charge in [-0.2, -0.15) is 5.10 Å². The summed E-state index contributed by atoms with van der Waals surface area (Å²) < 4.78 is 11.8. The van der Waals surface area contributed by atoms with Crippen molar-refractivity contribution in [2.45, 2.75) is 13.2 Å². The summed E-state index contributed by atoms with van der Waals surface area (Å²) in [5, 5.41) is 4.64. The third-order valence-corrected chi connectivity index (χ3v) is 4.62. The van der Waals surface area contributed by atoms with Crippen molar-refractivity contribution in [3.8, 4) is 11.5 Å². The van der Waals surface area contributed by atoms with Gasteiger partial charge in [0.15, 0.2) is 0 Å². The Hall–Kier alpha value is -4.06. The normalized spacial score (nSPS) is 11.4. The molecule has 0 aliphatic heterocycles. The molecule has 1 aromatic heterocycles. The summed E-state index contributed by atoms with van der Waals surface area (Å²) in [6, 6.07) is 27.2. The molecular weight excluding hydrogens is 376 g/mol. The Balaban J connectivity index is 1.39. The summed E-state index contributed by atoms with van der Waals surface area (Å²) in [5.74, 6) is 6.96. The molecule has 30 heavy (non-hydrogen) atoms. The van der Waals surface area contributed by atoms with Crippen molar-refractivity contribution in [2.24, 2.45) is 16.7 Å². The van der Waals surface area contributed by atoms with Crippen LogP contribution in [-0.4, -0.2) is 10.8 Å². The summed E-state index contributed by atoms with van der Waals surface area (Å²) in [6.45, 7) is 0.773. The predicted octanol–water partition coefficient (Wildman–Crippen LogP) is 3.97. The zero-order chi connectivity index (χ0) is 20.8. The van der Waals surface area contributed by atoms with Crippen molar-refractivity contribution in [1.82, 2.24) is 4.98 Å². The molecule has 0 bridgehead atoms. The fourth-order valence-electron chi connectivity index (χ4n) is 3.06. The summed E-state index contributed by atoms with van der Waals surface area (Å²) in [4.78, 5) is 4.63. The molecule has 0 radical (unpaired) electrons. The standard InChI is InChI=1S/C24H22N4O2/c25-24(28-26)19-7-3-5-17(13-19)15-29-21-8-4-9-22(14-21)30-16-20-12-11-18-6-1-2-10-23(18)27-20/h1-14H,15-16,26H2,(H2,25,28). The quantitative estimate of drug-likeness (QED) is 0.213. The van der Waals surface area contributed by atoms with Crippen LogP contribution in [-0.2, 0) is 13.2 Å². The number of hydrogen-bond acceptors (Lipinski definition) is 5. The highest BCUT2D eigenvalue weighted by molar-refractivity contribution is 5.97. The van der Waals surface area contributed by atoms with Gasteiger partial charge in [0.1, 0.15) is 30.5 Å². The van der Waals surface area contributed by atoms with Crippen LogP contribution in [0.25, 0.3) is 10.9 Å². The lowest BCUT2D eigenvalue weighted by atomic mass is 10.1. The van der Waals surface area contributed by atoms with Gasteiger partial charge in [-0.15, -0.1) is 0 Å². The largest absolute Gasteiger partial charge is 0.489 e. The van der Waals surface area contributed by atoms with Gasteiger partial charge in [0.2, 0.25) is 0 Å². The summed E-state index contributed by atoms with van der Waals surface area (Å²) in [7, 11) is 0. The van der Waals surface area contributed by atoms with E-state index < -0.39 is 0 Å². The second-order valence-corrected chi connectivity index (χ2v) is 6.76. The maximum atomic E-state index is 5.91. The Bertz CT molecular complexity index is 1190. The molecule has 3 aromatic carbocycles. The number of fused-ring (bicyclic) bond motifs is 1. The molecule has 0 fully saturated rings. The Kier molecular flexibility index (Phi) is 5.75. The van der Waals surface area contributed by atoms with E-state index in [-0.39, 0.29) is 5.84 Å². The minimum Gasteiger partial charge on any atom is -0.489 e. The van der Waals surface area contributed by atoms with Crippen LogP contribution in [0.15, 0.2) is 90.0 Å². The lowest BCUT2D eigenvalue weighted by Crippen LogP contribution is -2.15. The SMILES string of the molecule is N/N=C(\N)c1cccc(COc2cccc(OCc3ccc4ccccc4n3)c2)c1. The number of para-hydroxylation sites is 1. The molecule has 6 nitrogen and oxygen atoms in total. The minimum absolute atomic E-state index is 0.287. The van der Waals surface area contributed by atoms with E-state index in [1.807, 2.05) is 78.9 Å². The maximum Gasteiger partial charge on any atom is 0.150 e. The fraction of sp³-hybridized carbons (Fsp3) is 0.0833. The molecule has 0 atom stereocenters. The molecule has 150 valence electrons. The van der Waals surface area contributed by atoms with Crippen molar-refractivity contribution in [1.29, 1.82) is 0 Å². The third kappa shape index (κ3) is 4.67. The van der Waals surface area contributed by atoms with Gasteiger partial charge in [-0.05, 0) is 35.9 Å². The van der Waals surface area contributed by atoms with E-state index in [1.165, 1.54) is 0 Å². The summed E-state index contributed by atoms with van der Waals surface area (Å²) in [5.41, 5.74) is 9.32. The van der Waals surface area contributed by atoms with Crippen LogP contribution < -0.4 is 21.1 Å². The number of rotatable bonds is 7. The first-order valence-corrected chi connectivity index (χ1v) is 9.54. The first-order chi connectivity index (χ1) is 14.7. The second kappa shape index (κ2) is 8.96. The number of amidine groups is 1. The average molecular weight is 398 g/mol. The smallest absolute Gasteiger partial charge is 0.150 e. The van der Waals surface area contributed by atoms with Crippen LogP contribution in [0.5, 0.6) is 11.5 Å². The maximum absolute atomic E-state index is 5.91. The molecule has 4 rings (SSSR count). The predicted molar refractivity (Wildman–Crippen MR) is 118 cm³/mol. The van der Waals surface area contributed by atoms with E-state index in [9.17, 15) is 0 Å². The Morgan fingerprint density at radius 2 is 1.57 bits per heavy atom. The molecule has 1 heterocycles. The average Bonchev–Trinajstić information content (AvgIpc) is 2.81. The van der Waals surface area contributed by atoms with Gasteiger partial charge in [0.05, 0.1) is 11.2 Å². The molecule has 6 heteroatoms. The number of nitrogens with two attached hydrogens (primary N) is 2. The molecule has 0 aliphatic carbocycles. The van der Waals surface area contributed by atoms with Crippen LogP contribution in [0, 0.1) is 0 Å². The number of nitrogens with zero attached hydrogens (tertiary/aromatic N) is 2. The molecular formula is C24H22N4O2. The Labute approximate surface area is 174 Å². The monoisotopic (exact) mass is 398 g/mol. The van der Waals surface area contributed by atoms with Crippen LogP contribution in [0.4, 0.5) is 0 Å². The van der Waals surface area contributed by atoms with Crippen molar-refractivity contribution in [2.75, 3.05) is 0 Å². The van der Waals surface area contributed by atoms with Crippen molar-refractivity contribution >= 4 is 16.7 Å². The molecule has 0 spiro atoms. The molecule has 4 N–H and O–H groups in total. The van der Waals surface area contributed by atoms with Crippen molar-refractivity contribution < 1.29 is 9.47 Å². The van der Waals surface area contributed by atoms with Crippen LogP contribution in [0.1, 0.15) is 16.8 Å². The number of pyridine rings is 1. The van der Waals surface area contributed by atoms with Gasteiger partial charge in [-0.3, -0.25) is 0 Å². The molecule has 0 saturated carbocycles. The number of hydrazone groups is 1.